The Hall–Kier alpha value is -1.26. The van der Waals surface area contributed by atoms with Crippen LogP contribution < -0.4 is 5.73 Å². The van der Waals surface area contributed by atoms with Gasteiger partial charge in [-0.15, -0.1) is 0 Å². The van der Waals surface area contributed by atoms with Crippen LogP contribution in [0.1, 0.15) is 34.3 Å². The predicted molar refractivity (Wildman–Crippen MR) is 73.9 cm³/mol. The lowest BCUT2D eigenvalue weighted by Gasteiger charge is -2.29. The molecule has 1 saturated heterocycles. The van der Waals surface area contributed by atoms with Gasteiger partial charge >= 0.3 is 0 Å². The maximum atomic E-state index is 13.9. The van der Waals surface area contributed by atoms with E-state index in [1.807, 2.05) is 13.0 Å². The van der Waals surface area contributed by atoms with Crippen LogP contribution in [-0.4, -0.2) is 36.4 Å². The minimum Gasteiger partial charge on any atom is -0.328 e. The van der Waals surface area contributed by atoms with E-state index in [1.54, 1.807) is 6.92 Å². The number of aryl methyl sites for hydroxylation is 2. The van der Waals surface area contributed by atoms with Crippen molar-refractivity contribution in [1.29, 1.82) is 0 Å². The van der Waals surface area contributed by atoms with Gasteiger partial charge in [0.15, 0.2) is 5.78 Å². The number of likely N-dealkylation sites (tertiary alicyclic amines) is 1. The summed E-state index contributed by atoms with van der Waals surface area (Å²) >= 11 is 0. The van der Waals surface area contributed by atoms with Gasteiger partial charge in [0.25, 0.3) is 0 Å². The largest absolute Gasteiger partial charge is 0.328 e. The Bertz CT molecular complexity index is 456. The SMILES string of the molecule is Cc1cc(C)c(C(=O)CN2CCC(N)CC2)c(F)c1. The second kappa shape index (κ2) is 5.80. The van der Waals surface area contributed by atoms with Crippen molar-refractivity contribution < 1.29 is 9.18 Å². The van der Waals surface area contributed by atoms with Crippen molar-refractivity contribution >= 4 is 5.78 Å². The second-order valence-corrected chi connectivity index (χ2v) is 5.48. The zero-order chi connectivity index (χ0) is 14.0. The van der Waals surface area contributed by atoms with E-state index in [0.717, 1.165) is 37.1 Å². The standard InChI is InChI=1S/C15H21FN2O/c1-10-7-11(2)15(13(16)8-10)14(19)9-18-5-3-12(17)4-6-18/h7-8,12H,3-6,9,17H2,1-2H3. The van der Waals surface area contributed by atoms with E-state index < -0.39 is 5.82 Å². The molecule has 19 heavy (non-hydrogen) atoms. The van der Waals surface area contributed by atoms with Crippen LogP contribution in [0.2, 0.25) is 0 Å². The predicted octanol–water partition coefficient (Wildman–Crippen LogP) is 2.05. The van der Waals surface area contributed by atoms with Gasteiger partial charge in [0, 0.05) is 19.1 Å². The highest BCUT2D eigenvalue weighted by atomic mass is 19.1. The molecule has 1 aromatic carbocycles. The van der Waals surface area contributed by atoms with Crippen LogP contribution in [0.25, 0.3) is 0 Å². The van der Waals surface area contributed by atoms with Crippen molar-refractivity contribution in [2.45, 2.75) is 32.7 Å². The van der Waals surface area contributed by atoms with Crippen molar-refractivity contribution in [3.05, 3.63) is 34.6 Å². The summed E-state index contributed by atoms with van der Waals surface area (Å²) in [6.07, 6.45) is 1.81. The Kier molecular flexibility index (Phi) is 4.32. The highest BCUT2D eigenvalue weighted by molar-refractivity contribution is 5.99. The number of carbonyl (C=O) groups excluding carboxylic acids is 1. The molecule has 0 unspecified atom stereocenters. The summed E-state index contributed by atoms with van der Waals surface area (Å²) in [5, 5.41) is 0. The van der Waals surface area contributed by atoms with Crippen molar-refractivity contribution in [3.63, 3.8) is 0 Å². The molecule has 0 amide bonds. The number of nitrogens with zero attached hydrogens (tertiary/aromatic N) is 1. The van der Waals surface area contributed by atoms with Crippen molar-refractivity contribution in [3.8, 4) is 0 Å². The smallest absolute Gasteiger partial charge is 0.180 e. The van der Waals surface area contributed by atoms with Gasteiger partial charge < -0.3 is 5.73 Å². The van der Waals surface area contributed by atoms with Gasteiger partial charge in [-0.05, 0) is 43.9 Å². The summed E-state index contributed by atoms with van der Waals surface area (Å²) < 4.78 is 13.9. The molecule has 0 aromatic heterocycles. The third kappa shape index (κ3) is 3.39. The molecule has 1 heterocycles. The zero-order valence-electron chi connectivity index (χ0n) is 11.6. The molecule has 1 aliphatic rings. The third-order valence-electron chi connectivity index (χ3n) is 3.71. The topological polar surface area (TPSA) is 46.3 Å². The number of nitrogens with two attached hydrogens (primary N) is 1. The molecular weight excluding hydrogens is 243 g/mol. The van der Waals surface area contributed by atoms with Crippen molar-refractivity contribution in [1.82, 2.24) is 4.90 Å². The molecule has 2 N–H and O–H groups in total. The van der Waals surface area contributed by atoms with E-state index in [0.29, 0.717) is 0 Å². The number of halogens is 1. The van der Waals surface area contributed by atoms with Gasteiger partial charge in [-0.1, -0.05) is 6.07 Å². The summed E-state index contributed by atoms with van der Waals surface area (Å²) in [4.78, 5) is 14.3. The van der Waals surface area contributed by atoms with Crippen LogP contribution in [0.4, 0.5) is 4.39 Å². The zero-order valence-corrected chi connectivity index (χ0v) is 11.6. The van der Waals surface area contributed by atoms with Crippen molar-refractivity contribution in [2.24, 2.45) is 5.73 Å². The minimum absolute atomic E-state index is 0.134. The fourth-order valence-electron chi connectivity index (χ4n) is 2.66. The van der Waals surface area contributed by atoms with Gasteiger partial charge in [0.2, 0.25) is 0 Å². The molecule has 3 nitrogen and oxygen atoms in total. The summed E-state index contributed by atoms with van der Waals surface area (Å²) in [5.74, 6) is -0.540. The molecule has 4 heteroatoms. The quantitative estimate of drug-likeness (QED) is 0.850. The highest BCUT2D eigenvalue weighted by Crippen LogP contribution is 2.17. The van der Waals surface area contributed by atoms with Crippen LogP contribution in [0.15, 0.2) is 12.1 Å². The number of ketones is 1. The van der Waals surface area contributed by atoms with Crippen LogP contribution >= 0.6 is 0 Å². The van der Waals surface area contributed by atoms with Gasteiger partial charge in [0.05, 0.1) is 12.1 Å². The normalized spacial score (nSPS) is 17.7. The Morgan fingerprint density at radius 3 is 2.58 bits per heavy atom. The monoisotopic (exact) mass is 264 g/mol. The Morgan fingerprint density at radius 1 is 1.37 bits per heavy atom. The summed E-state index contributed by atoms with van der Waals surface area (Å²) in [6, 6.07) is 3.51. The van der Waals surface area contributed by atoms with Gasteiger partial charge in [-0.25, -0.2) is 4.39 Å². The molecule has 2 rings (SSSR count). The molecule has 0 saturated carbocycles. The lowest BCUT2D eigenvalue weighted by Crippen LogP contribution is -2.42. The second-order valence-electron chi connectivity index (χ2n) is 5.48. The van der Waals surface area contributed by atoms with Crippen LogP contribution in [-0.2, 0) is 0 Å². The average Bonchev–Trinajstić information content (AvgIpc) is 2.30. The Morgan fingerprint density at radius 2 is 2.00 bits per heavy atom. The number of hydrogen-bond acceptors (Lipinski definition) is 3. The highest BCUT2D eigenvalue weighted by Gasteiger charge is 2.21. The van der Waals surface area contributed by atoms with Gasteiger partial charge in [-0.2, -0.15) is 0 Å². The van der Waals surface area contributed by atoms with Gasteiger partial charge in [0.1, 0.15) is 5.82 Å². The van der Waals surface area contributed by atoms with Gasteiger partial charge in [-0.3, -0.25) is 9.69 Å². The number of piperidine rings is 1. The molecule has 1 fully saturated rings. The number of rotatable bonds is 3. The lowest BCUT2D eigenvalue weighted by atomic mass is 10.00. The first-order valence-electron chi connectivity index (χ1n) is 6.75. The molecule has 1 aliphatic heterocycles. The maximum absolute atomic E-state index is 13.9. The number of benzene rings is 1. The minimum atomic E-state index is -0.406. The first kappa shape index (κ1) is 14.2. The first-order valence-corrected chi connectivity index (χ1v) is 6.75. The molecule has 0 spiro atoms. The average molecular weight is 264 g/mol. The van der Waals surface area contributed by atoms with E-state index in [1.165, 1.54) is 6.07 Å². The fourth-order valence-corrected chi connectivity index (χ4v) is 2.66. The number of Topliss-reactive ketones (excluding diaryl/α,β-unsaturated/α-hetero) is 1. The first-order chi connectivity index (χ1) is 8.97. The number of hydrogen-bond donors (Lipinski definition) is 1. The lowest BCUT2D eigenvalue weighted by molar-refractivity contribution is 0.0905. The van der Waals surface area contributed by atoms with E-state index in [9.17, 15) is 9.18 Å². The third-order valence-corrected chi connectivity index (χ3v) is 3.71. The summed E-state index contributed by atoms with van der Waals surface area (Å²) in [6.45, 7) is 5.54. The molecule has 104 valence electrons. The fraction of sp³-hybridized carbons (Fsp3) is 0.533. The molecule has 0 bridgehead atoms. The van der Waals surface area contributed by atoms with Crippen LogP contribution in [0, 0.1) is 19.7 Å². The Balaban J connectivity index is 2.08. The summed E-state index contributed by atoms with van der Waals surface area (Å²) in [5.41, 5.74) is 7.63. The van der Waals surface area contributed by atoms with E-state index in [2.05, 4.69) is 4.90 Å². The van der Waals surface area contributed by atoms with E-state index >= 15 is 0 Å². The molecule has 0 atom stereocenters. The van der Waals surface area contributed by atoms with E-state index in [4.69, 9.17) is 5.73 Å². The van der Waals surface area contributed by atoms with Crippen LogP contribution in [0.5, 0.6) is 0 Å². The number of carbonyl (C=O) groups is 1. The van der Waals surface area contributed by atoms with Crippen LogP contribution in [0.3, 0.4) is 0 Å². The Labute approximate surface area is 113 Å². The summed E-state index contributed by atoms with van der Waals surface area (Å²) in [7, 11) is 0. The molecular formula is C15H21FN2O. The van der Waals surface area contributed by atoms with Crippen molar-refractivity contribution in [2.75, 3.05) is 19.6 Å². The molecule has 0 aliphatic carbocycles. The molecule has 0 radical (unpaired) electrons. The van der Waals surface area contributed by atoms with E-state index in [-0.39, 0.29) is 23.9 Å². The maximum Gasteiger partial charge on any atom is 0.180 e. The molecule has 1 aromatic rings.